The number of rotatable bonds is 6. The van der Waals surface area contributed by atoms with Crippen LogP contribution in [0.15, 0.2) is 0 Å². The first-order valence-corrected chi connectivity index (χ1v) is 5.73. The molecule has 0 heterocycles. The van der Waals surface area contributed by atoms with E-state index in [9.17, 15) is 4.79 Å². The van der Waals surface area contributed by atoms with Crippen LogP contribution in [0, 0.1) is 11.3 Å². The van der Waals surface area contributed by atoms with Gasteiger partial charge in [0.25, 0.3) is 0 Å². The largest absolute Gasteiger partial charge is 0.302 e. The topological polar surface area (TPSA) is 58.4 Å². The molecule has 0 unspecified atom stereocenters. The first kappa shape index (κ1) is 12.5. The summed E-state index contributed by atoms with van der Waals surface area (Å²) < 4.78 is 0. The highest BCUT2D eigenvalue weighted by molar-refractivity contribution is 5.81. The van der Waals surface area contributed by atoms with E-state index in [1.165, 1.54) is 12.8 Å². The molecule has 0 aromatic heterocycles. The Kier molecular flexibility index (Phi) is 4.11. The van der Waals surface area contributed by atoms with Gasteiger partial charge < -0.3 is 4.90 Å². The van der Waals surface area contributed by atoms with Gasteiger partial charge in [-0.05, 0) is 39.2 Å². The van der Waals surface area contributed by atoms with Crippen LogP contribution in [-0.4, -0.2) is 30.4 Å². The molecule has 3 N–H and O–H groups in total. The summed E-state index contributed by atoms with van der Waals surface area (Å²) >= 11 is 0. The Hall–Kier alpha value is -0.610. The minimum Gasteiger partial charge on any atom is -0.302 e. The van der Waals surface area contributed by atoms with E-state index in [0.29, 0.717) is 0 Å². The predicted molar refractivity (Wildman–Crippen MR) is 60.9 cm³/mol. The summed E-state index contributed by atoms with van der Waals surface area (Å²) in [6.45, 7) is 8.91. The van der Waals surface area contributed by atoms with Crippen LogP contribution < -0.4 is 11.3 Å². The number of nitrogens with one attached hydrogen (secondary N) is 1. The van der Waals surface area contributed by atoms with Crippen LogP contribution in [-0.2, 0) is 4.79 Å². The van der Waals surface area contributed by atoms with E-state index in [4.69, 9.17) is 5.84 Å². The maximum atomic E-state index is 11.5. The Morgan fingerprint density at radius 1 is 1.53 bits per heavy atom. The van der Waals surface area contributed by atoms with Crippen molar-refractivity contribution in [3.8, 4) is 0 Å². The standard InChI is InChI=1S/C11H23N3O/c1-4-14(7-9-5-6-9)8-11(2,3)10(15)13-12/h9H,4-8,12H2,1-3H3,(H,13,15). The second kappa shape index (κ2) is 4.94. The molecule has 1 amide bonds. The van der Waals surface area contributed by atoms with E-state index in [0.717, 1.165) is 25.6 Å². The van der Waals surface area contributed by atoms with Crippen molar-refractivity contribution >= 4 is 5.91 Å². The zero-order valence-electron chi connectivity index (χ0n) is 10.0. The molecular formula is C11H23N3O. The molecule has 1 saturated carbocycles. The van der Waals surface area contributed by atoms with Crippen molar-refractivity contribution < 1.29 is 4.79 Å². The lowest BCUT2D eigenvalue weighted by Crippen LogP contribution is -2.47. The van der Waals surface area contributed by atoms with Gasteiger partial charge in [0, 0.05) is 13.1 Å². The zero-order valence-corrected chi connectivity index (χ0v) is 10.0. The second-order valence-electron chi connectivity index (χ2n) is 5.13. The Bertz CT molecular complexity index is 224. The Balaban J connectivity index is 2.44. The molecule has 1 fully saturated rings. The first-order chi connectivity index (χ1) is 6.99. The molecule has 0 atom stereocenters. The number of carbonyl (C=O) groups is 1. The van der Waals surface area contributed by atoms with Crippen LogP contribution >= 0.6 is 0 Å². The molecule has 0 spiro atoms. The molecule has 1 aliphatic carbocycles. The van der Waals surface area contributed by atoms with Gasteiger partial charge in [0.1, 0.15) is 0 Å². The van der Waals surface area contributed by atoms with Gasteiger partial charge >= 0.3 is 0 Å². The van der Waals surface area contributed by atoms with Gasteiger partial charge in [-0.1, -0.05) is 6.92 Å². The monoisotopic (exact) mass is 213 g/mol. The molecule has 0 aromatic rings. The molecule has 88 valence electrons. The third kappa shape index (κ3) is 3.80. The van der Waals surface area contributed by atoms with E-state index in [2.05, 4.69) is 17.2 Å². The quantitative estimate of drug-likeness (QED) is 0.388. The Labute approximate surface area is 92.2 Å². The average molecular weight is 213 g/mol. The van der Waals surface area contributed by atoms with Crippen LogP contribution in [0.4, 0.5) is 0 Å². The van der Waals surface area contributed by atoms with Crippen LogP contribution in [0.2, 0.25) is 0 Å². The highest BCUT2D eigenvalue weighted by Gasteiger charge is 2.31. The predicted octanol–water partition coefficient (Wildman–Crippen LogP) is 0.734. The molecular weight excluding hydrogens is 190 g/mol. The summed E-state index contributed by atoms with van der Waals surface area (Å²) in [5, 5.41) is 0. The SMILES string of the molecule is CCN(CC1CC1)CC(C)(C)C(=O)NN. The second-order valence-corrected chi connectivity index (χ2v) is 5.13. The van der Waals surface area contributed by atoms with Gasteiger partial charge in [-0.3, -0.25) is 10.2 Å². The molecule has 4 heteroatoms. The van der Waals surface area contributed by atoms with E-state index >= 15 is 0 Å². The van der Waals surface area contributed by atoms with Crippen molar-refractivity contribution in [3.63, 3.8) is 0 Å². The number of nitrogens with two attached hydrogens (primary N) is 1. The lowest BCUT2D eigenvalue weighted by molar-refractivity contribution is -0.130. The first-order valence-electron chi connectivity index (χ1n) is 5.73. The average Bonchev–Trinajstić information content (AvgIpc) is 2.98. The highest BCUT2D eigenvalue weighted by atomic mass is 16.2. The highest BCUT2D eigenvalue weighted by Crippen LogP contribution is 2.30. The molecule has 0 radical (unpaired) electrons. The third-order valence-electron chi connectivity index (χ3n) is 3.03. The number of amides is 1. The van der Waals surface area contributed by atoms with Crippen molar-refractivity contribution in [3.05, 3.63) is 0 Å². The lowest BCUT2D eigenvalue weighted by Gasteiger charge is -2.30. The summed E-state index contributed by atoms with van der Waals surface area (Å²) in [5.41, 5.74) is 1.83. The van der Waals surface area contributed by atoms with Crippen molar-refractivity contribution in [2.45, 2.75) is 33.6 Å². The van der Waals surface area contributed by atoms with Crippen molar-refractivity contribution in [1.82, 2.24) is 10.3 Å². The lowest BCUT2D eigenvalue weighted by atomic mass is 9.91. The van der Waals surface area contributed by atoms with Gasteiger partial charge in [-0.15, -0.1) is 0 Å². The van der Waals surface area contributed by atoms with Crippen molar-refractivity contribution in [2.24, 2.45) is 17.2 Å². The minimum absolute atomic E-state index is 0.0863. The van der Waals surface area contributed by atoms with Crippen LogP contribution in [0.5, 0.6) is 0 Å². The summed E-state index contributed by atoms with van der Waals surface area (Å²) in [7, 11) is 0. The molecule has 4 nitrogen and oxygen atoms in total. The molecule has 15 heavy (non-hydrogen) atoms. The fourth-order valence-electron chi connectivity index (χ4n) is 1.80. The maximum Gasteiger partial charge on any atom is 0.240 e. The van der Waals surface area contributed by atoms with Gasteiger partial charge in [-0.25, -0.2) is 5.84 Å². The summed E-state index contributed by atoms with van der Waals surface area (Å²) in [6, 6.07) is 0. The maximum absolute atomic E-state index is 11.5. The van der Waals surface area contributed by atoms with E-state index < -0.39 is 5.41 Å². The summed E-state index contributed by atoms with van der Waals surface area (Å²) in [4.78, 5) is 13.9. The Morgan fingerprint density at radius 3 is 2.53 bits per heavy atom. The smallest absolute Gasteiger partial charge is 0.240 e. The van der Waals surface area contributed by atoms with Crippen LogP contribution in [0.1, 0.15) is 33.6 Å². The minimum atomic E-state index is -0.403. The third-order valence-corrected chi connectivity index (χ3v) is 3.03. The Morgan fingerprint density at radius 2 is 2.13 bits per heavy atom. The van der Waals surface area contributed by atoms with Crippen LogP contribution in [0.25, 0.3) is 0 Å². The number of carbonyl (C=O) groups excluding carboxylic acids is 1. The fourth-order valence-corrected chi connectivity index (χ4v) is 1.80. The molecule has 0 aliphatic heterocycles. The number of nitrogens with zero attached hydrogens (tertiary/aromatic N) is 1. The van der Waals surface area contributed by atoms with E-state index in [1.54, 1.807) is 0 Å². The van der Waals surface area contributed by atoms with E-state index in [1.807, 2.05) is 13.8 Å². The van der Waals surface area contributed by atoms with Gasteiger partial charge in [-0.2, -0.15) is 0 Å². The summed E-state index contributed by atoms with van der Waals surface area (Å²) in [6.07, 6.45) is 2.69. The van der Waals surface area contributed by atoms with Gasteiger partial charge in [0.15, 0.2) is 0 Å². The zero-order chi connectivity index (χ0) is 11.5. The van der Waals surface area contributed by atoms with Gasteiger partial charge in [0.05, 0.1) is 5.41 Å². The fraction of sp³-hybridized carbons (Fsp3) is 0.909. The molecule has 1 aliphatic rings. The molecule has 0 saturated heterocycles. The summed E-state index contributed by atoms with van der Waals surface area (Å²) in [5.74, 6) is 5.95. The van der Waals surface area contributed by atoms with Crippen molar-refractivity contribution in [1.29, 1.82) is 0 Å². The number of hydrazine groups is 1. The van der Waals surface area contributed by atoms with Crippen LogP contribution in [0.3, 0.4) is 0 Å². The number of hydrogen-bond acceptors (Lipinski definition) is 3. The normalized spacial score (nSPS) is 16.9. The van der Waals surface area contributed by atoms with Crippen molar-refractivity contribution in [2.75, 3.05) is 19.6 Å². The molecule has 0 aromatic carbocycles. The molecule has 0 bridgehead atoms. The number of hydrogen-bond donors (Lipinski definition) is 2. The van der Waals surface area contributed by atoms with E-state index in [-0.39, 0.29) is 5.91 Å². The molecule has 1 rings (SSSR count). The van der Waals surface area contributed by atoms with Gasteiger partial charge in [0.2, 0.25) is 5.91 Å².